The topological polar surface area (TPSA) is 66.5 Å². The maximum absolute atomic E-state index is 11.9. The van der Waals surface area contributed by atoms with Crippen molar-refractivity contribution >= 4 is 22.0 Å². The molecule has 6 heteroatoms. The fourth-order valence-corrected chi connectivity index (χ4v) is 3.40. The van der Waals surface area contributed by atoms with E-state index in [4.69, 9.17) is 0 Å². The molecule has 1 N–H and O–H groups in total. The molecule has 0 bridgehead atoms. The fourth-order valence-electron chi connectivity index (χ4n) is 2.54. The van der Waals surface area contributed by atoms with Gasteiger partial charge in [-0.1, -0.05) is 36.8 Å². The summed E-state index contributed by atoms with van der Waals surface area (Å²) in [5.74, 6) is 0.189. The molecule has 1 aliphatic heterocycles. The van der Waals surface area contributed by atoms with E-state index in [1.54, 1.807) is 6.08 Å². The number of benzene rings is 1. The van der Waals surface area contributed by atoms with Crippen LogP contribution < -0.4 is 4.72 Å². The highest BCUT2D eigenvalue weighted by Crippen LogP contribution is 2.11. The Morgan fingerprint density at radius 1 is 1.13 bits per heavy atom. The van der Waals surface area contributed by atoms with Crippen molar-refractivity contribution in [1.82, 2.24) is 9.62 Å². The Hall–Kier alpha value is -1.66. The van der Waals surface area contributed by atoms with Crippen LogP contribution in [0.1, 0.15) is 37.7 Å². The van der Waals surface area contributed by atoms with Crippen LogP contribution >= 0.6 is 0 Å². The molecule has 1 aromatic rings. The van der Waals surface area contributed by atoms with Crippen LogP contribution in [-0.2, 0) is 14.8 Å². The van der Waals surface area contributed by atoms with Crippen molar-refractivity contribution in [2.45, 2.75) is 32.1 Å². The van der Waals surface area contributed by atoms with Crippen molar-refractivity contribution < 1.29 is 13.2 Å². The van der Waals surface area contributed by atoms with Gasteiger partial charge in [-0.15, -0.1) is 0 Å². The van der Waals surface area contributed by atoms with Crippen LogP contribution in [0.4, 0.5) is 0 Å². The molecular weight excluding hydrogens is 312 g/mol. The summed E-state index contributed by atoms with van der Waals surface area (Å²) in [6.07, 6.45) is 5.92. The van der Waals surface area contributed by atoms with Crippen molar-refractivity contribution in [3.8, 4) is 0 Å². The Bertz CT molecular complexity index is 626. The minimum atomic E-state index is -3.44. The van der Waals surface area contributed by atoms with E-state index < -0.39 is 10.0 Å². The summed E-state index contributed by atoms with van der Waals surface area (Å²) < 4.78 is 26.3. The molecule has 1 heterocycles. The lowest BCUT2D eigenvalue weighted by Crippen LogP contribution is -2.33. The summed E-state index contributed by atoms with van der Waals surface area (Å²) in [6, 6.07) is 9.29. The molecule has 0 aliphatic carbocycles. The second-order valence-corrected chi connectivity index (χ2v) is 7.35. The number of likely N-dealkylation sites (tertiary alicyclic amines) is 1. The van der Waals surface area contributed by atoms with Crippen LogP contribution in [0.2, 0.25) is 0 Å². The molecule has 0 spiro atoms. The zero-order chi connectivity index (χ0) is 16.5. The molecule has 1 saturated heterocycles. The van der Waals surface area contributed by atoms with E-state index in [1.807, 2.05) is 35.2 Å². The zero-order valence-electron chi connectivity index (χ0n) is 13.3. The average molecular weight is 336 g/mol. The van der Waals surface area contributed by atoms with Gasteiger partial charge in [0.05, 0.1) is 0 Å². The maximum Gasteiger partial charge on any atom is 0.233 e. The molecule has 5 nitrogen and oxygen atoms in total. The molecule has 1 aliphatic rings. The van der Waals surface area contributed by atoms with Gasteiger partial charge in [-0.25, -0.2) is 13.1 Å². The number of rotatable bonds is 7. The molecule has 0 saturated carbocycles. The molecule has 0 unspecified atom stereocenters. The van der Waals surface area contributed by atoms with Gasteiger partial charge in [-0.05, 0) is 30.9 Å². The van der Waals surface area contributed by atoms with Crippen LogP contribution in [0.25, 0.3) is 6.08 Å². The van der Waals surface area contributed by atoms with Crippen LogP contribution in [0, 0.1) is 0 Å². The van der Waals surface area contributed by atoms with Crippen molar-refractivity contribution in [2.24, 2.45) is 0 Å². The first kappa shape index (κ1) is 17.7. The van der Waals surface area contributed by atoms with Crippen LogP contribution in [0.3, 0.4) is 0 Å². The molecule has 0 aromatic heterocycles. The second kappa shape index (κ2) is 8.84. The Balaban J connectivity index is 1.74. The molecule has 2 rings (SSSR count). The van der Waals surface area contributed by atoms with Crippen molar-refractivity contribution in [1.29, 1.82) is 0 Å². The second-order valence-electron chi connectivity index (χ2n) is 5.70. The molecule has 1 fully saturated rings. The van der Waals surface area contributed by atoms with E-state index in [1.165, 1.54) is 5.41 Å². The summed E-state index contributed by atoms with van der Waals surface area (Å²) in [7, 11) is -3.44. The first-order chi connectivity index (χ1) is 11.1. The lowest BCUT2D eigenvalue weighted by molar-refractivity contribution is -0.130. The maximum atomic E-state index is 11.9. The van der Waals surface area contributed by atoms with E-state index in [-0.39, 0.29) is 5.91 Å². The molecule has 0 atom stereocenters. The van der Waals surface area contributed by atoms with Gasteiger partial charge >= 0.3 is 0 Å². The first-order valence-electron chi connectivity index (χ1n) is 8.07. The van der Waals surface area contributed by atoms with Crippen LogP contribution in [0.5, 0.6) is 0 Å². The lowest BCUT2D eigenvalue weighted by atomic mass is 10.2. The van der Waals surface area contributed by atoms with Gasteiger partial charge in [0.1, 0.15) is 0 Å². The van der Waals surface area contributed by atoms with Crippen LogP contribution in [0.15, 0.2) is 35.7 Å². The number of hydrogen-bond donors (Lipinski definition) is 1. The van der Waals surface area contributed by atoms with Gasteiger partial charge in [0.2, 0.25) is 15.9 Å². The summed E-state index contributed by atoms with van der Waals surface area (Å²) in [4.78, 5) is 13.7. The number of hydrogen-bond acceptors (Lipinski definition) is 3. The zero-order valence-corrected chi connectivity index (χ0v) is 14.1. The molecule has 0 radical (unpaired) electrons. The highest BCUT2D eigenvalue weighted by molar-refractivity contribution is 7.92. The number of carbonyl (C=O) groups excluding carboxylic acids is 1. The monoisotopic (exact) mass is 336 g/mol. The highest BCUT2D eigenvalue weighted by Gasteiger charge is 2.15. The van der Waals surface area contributed by atoms with Crippen molar-refractivity contribution in [3.63, 3.8) is 0 Å². The van der Waals surface area contributed by atoms with Crippen LogP contribution in [-0.4, -0.2) is 38.9 Å². The van der Waals surface area contributed by atoms with Gasteiger partial charge in [-0.2, -0.15) is 0 Å². The predicted octanol–water partition coefficient (Wildman–Crippen LogP) is 2.37. The standard InChI is InChI=1S/C17H24N2O3S/c20-17-10-5-2-6-13-19(17)14-7-12-18-23(21,22)15-11-16-8-3-1-4-9-16/h1,3-4,8-9,11,15,18H,2,5-7,10,12-14H2/b15-11+. The third kappa shape index (κ3) is 6.54. The molecule has 1 amide bonds. The summed E-state index contributed by atoms with van der Waals surface area (Å²) in [5.41, 5.74) is 0.841. The third-order valence-corrected chi connectivity index (χ3v) is 4.92. The van der Waals surface area contributed by atoms with Gasteiger partial charge in [0.15, 0.2) is 0 Å². The first-order valence-corrected chi connectivity index (χ1v) is 9.62. The van der Waals surface area contributed by atoms with Crippen molar-refractivity contribution in [2.75, 3.05) is 19.6 Å². The number of carbonyl (C=O) groups is 1. The fraction of sp³-hybridized carbons (Fsp3) is 0.471. The molecule has 23 heavy (non-hydrogen) atoms. The van der Waals surface area contributed by atoms with E-state index in [2.05, 4.69) is 4.72 Å². The summed E-state index contributed by atoms with van der Waals surface area (Å²) >= 11 is 0. The quantitative estimate of drug-likeness (QED) is 0.777. The largest absolute Gasteiger partial charge is 0.343 e. The van der Waals surface area contributed by atoms with E-state index in [0.717, 1.165) is 31.4 Å². The van der Waals surface area contributed by atoms with Crippen molar-refractivity contribution in [3.05, 3.63) is 41.3 Å². The normalized spacial score (nSPS) is 16.7. The molecular formula is C17H24N2O3S. The minimum Gasteiger partial charge on any atom is -0.343 e. The molecule has 126 valence electrons. The lowest BCUT2D eigenvalue weighted by Gasteiger charge is -2.20. The van der Waals surface area contributed by atoms with Gasteiger partial charge in [0.25, 0.3) is 0 Å². The molecule has 1 aromatic carbocycles. The number of nitrogens with zero attached hydrogens (tertiary/aromatic N) is 1. The smallest absolute Gasteiger partial charge is 0.233 e. The number of amides is 1. The van der Waals surface area contributed by atoms with Gasteiger partial charge in [-0.3, -0.25) is 4.79 Å². The number of nitrogens with one attached hydrogen (secondary N) is 1. The Labute approximate surface area is 138 Å². The van der Waals surface area contributed by atoms with E-state index in [0.29, 0.717) is 25.9 Å². The summed E-state index contributed by atoms with van der Waals surface area (Å²) in [6.45, 7) is 1.74. The minimum absolute atomic E-state index is 0.189. The Morgan fingerprint density at radius 3 is 2.70 bits per heavy atom. The van der Waals surface area contributed by atoms with E-state index in [9.17, 15) is 13.2 Å². The third-order valence-electron chi connectivity index (χ3n) is 3.82. The van der Waals surface area contributed by atoms with Gasteiger partial charge in [0, 0.05) is 31.5 Å². The number of sulfonamides is 1. The van der Waals surface area contributed by atoms with Gasteiger partial charge < -0.3 is 4.90 Å². The SMILES string of the molecule is O=C1CCCCCN1CCCNS(=O)(=O)/C=C/c1ccccc1. The average Bonchev–Trinajstić information content (AvgIpc) is 2.75. The Morgan fingerprint density at radius 2 is 1.91 bits per heavy atom. The summed E-state index contributed by atoms with van der Waals surface area (Å²) in [5, 5.41) is 1.18. The highest BCUT2D eigenvalue weighted by atomic mass is 32.2. The van der Waals surface area contributed by atoms with E-state index >= 15 is 0 Å². The Kier molecular flexibility index (Phi) is 6.80. The predicted molar refractivity (Wildman–Crippen MR) is 92.1 cm³/mol.